The lowest BCUT2D eigenvalue weighted by molar-refractivity contribution is 0.525. The van der Waals surface area contributed by atoms with Crippen LogP contribution in [0, 0.1) is 0 Å². The van der Waals surface area contributed by atoms with Crippen molar-refractivity contribution in [3.63, 3.8) is 0 Å². The Bertz CT molecular complexity index is 167. The van der Waals surface area contributed by atoms with Crippen LogP contribution in [0.4, 0.5) is 0 Å². The van der Waals surface area contributed by atoms with Crippen LogP contribution in [0.15, 0.2) is 0 Å². The first-order chi connectivity index (χ1) is 3.55. The molecule has 0 aliphatic carbocycles. The summed E-state index contributed by atoms with van der Waals surface area (Å²) in [6.07, 6.45) is 0.850. The van der Waals surface area contributed by atoms with E-state index in [1.807, 2.05) is 0 Å². The lowest BCUT2D eigenvalue weighted by atomic mass is 10.2. The van der Waals surface area contributed by atoms with Crippen molar-refractivity contribution in [2.24, 2.45) is 0 Å². The van der Waals surface area contributed by atoms with Gasteiger partial charge in [-0.2, -0.15) is 0 Å². The molecule has 1 fully saturated rings. The van der Waals surface area contributed by atoms with Crippen molar-refractivity contribution in [1.29, 1.82) is 0 Å². The molecule has 2 atom stereocenters. The van der Waals surface area contributed by atoms with E-state index < -0.39 is 9.84 Å². The molecular weight excluding hydrogens is 124 g/mol. The molecule has 2 nitrogen and oxygen atoms in total. The van der Waals surface area contributed by atoms with Crippen molar-refractivity contribution in [3.05, 3.63) is 0 Å². The molecule has 1 saturated heterocycles. The van der Waals surface area contributed by atoms with Crippen molar-refractivity contribution in [2.45, 2.75) is 30.8 Å². The van der Waals surface area contributed by atoms with Gasteiger partial charge in [0.1, 0.15) is 0 Å². The molecule has 8 heavy (non-hydrogen) atoms. The van der Waals surface area contributed by atoms with E-state index in [9.17, 15) is 8.42 Å². The largest absolute Gasteiger partial charge is 0.228 e. The lowest BCUT2D eigenvalue weighted by Gasteiger charge is -2.29. The van der Waals surface area contributed by atoms with Crippen molar-refractivity contribution < 1.29 is 8.42 Å². The van der Waals surface area contributed by atoms with Gasteiger partial charge in [-0.3, -0.25) is 0 Å². The molecule has 0 radical (unpaired) electrons. The molecule has 0 spiro atoms. The SMILES string of the molecule is CC1CC(C)S1(=O)=O. The quantitative estimate of drug-likeness (QED) is 0.485. The normalized spacial score (nSPS) is 43.2. The second kappa shape index (κ2) is 1.47. The monoisotopic (exact) mass is 134 g/mol. The predicted molar refractivity (Wildman–Crippen MR) is 32.5 cm³/mol. The number of sulfone groups is 1. The van der Waals surface area contributed by atoms with E-state index in [1.54, 1.807) is 13.8 Å². The Balaban J connectivity index is 2.83. The van der Waals surface area contributed by atoms with Crippen LogP contribution in [0.1, 0.15) is 20.3 Å². The van der Waals surface area contributed by atoms with Gasteiger partial charge < -0.3 is 0 Å². The van der Waals surface area contributed by atoms with Crippen LogP contribution < -0.4 is 0 Å². The highest BCUT2D eigenvalue weighted by Gasteiger charge is 2.39. The van der Waals surface area contributed by atoms with Gasteiger partial charge in [-0.1, -0.05) is 0 Å². The van der Waals surface area contributed by atoms with Crippen LogP contribution in [0.2, 0.25) is 0 Å². The van der Waals surface area contributed by atoms with Gasteiger partial charge >= 0.3 is 0 Å². The summed E-state index contributed by atoms with van der Waals surface area (Å²) in [6.45, 7) is 3.52. The van der Waals surface area contributed by atoms with E-state index in [-0.39, 0.29) is 10.5 Å². The fourth-order valence-electron chi connectivity index (χ4n) is 1.01. The highest BCUT2D eigenvalue weighted by atomic mass is 32.2. The van der Waals surface area contributed by atoms with Gasteiger partial charge in [-0.05, 0) is 20.3 Å². The lowest BCUT2D eigenvalue weighted by Crippen LogP contribution is -2.41. The van der Waals surface area contributed by atoms with Crippen LogP contribution in [-0.4, -0.2) is 18.9 Å². The van der Waals surface area contributed by atoms with Gasteiger partial charge in [-0.25, -0.2) is 8.42 Å². The number of rotatable bonds is 0. The van der Waals surface area contributed by atoms with Gasteiger partial charge in [0.05, 0.1) is 10.5 Å². The molecule has 1 aliphatic rings. The fraction of sp³-hybridized carbons (Fsp3) is 1.00. The molecule has 0 saturated carbocycles. The minimum atomic E-state index is -2.64. The summed E-state index contributed by atoms with van der Waals surface area (Å²) in [5.74, 6) is 0. The minimum absolute atomic E-state index is 0.0718. The molecule has 0 N–H and O–H groups in total. The molecule has 3 heteroatoms. The standard InChI is InChI=1S/C5H10O2S/c1-4-3-5(2)8(4,6)7/h4-5H,3H2,1-2H3. The van der Waals surface area contributed by atoms with E-state index >= 15 is 0 Å². The summed E-state index contributed by atoms with van der Waals surface area (Å²) >= 11 is 0. The maximum Gasteiger partial charge on any atom is 0.155 e. The maximum absolute atomic E-state index is 10.7. The minimum Gasteiger partial charge on any atom is -0.228 e. The molecule has 0 aromatic rings. The Morgan fingerprint density at radius 2 is 1.62 bits per heavy atom. The molecule has 1 rings (SSSR count). The molecule has 48 valence electrons. The zero-order valence-electron chi connectivity index (χ0n) is 5.09. The van der Waals surface area contributed by atoms with Gasteiger partial charge in [0.2, 0.25) is 0 Å². The summed E-state index contributed by atoms with van der Waals surface area (Å²) in [7, 11) is -2.64. The third kappa shape index (κ3) is 0.573. The van der Waals surface area contributed by atoms with Gasteiger partial charge in [-0.15, -0.1) is 0 Å². The van der Waals surface area contributed by atoms with Crippen LogP contribution in [-0.2, 0) is 9.84 Å². The molecule has 0 amide bonds. The average Bonchev–Trinajstić information content (AvgIpc) is 1.68. The zero-order valence-corrected chi connectivity index (χ0v) is 5.90. The molecule has 0 aromatic heterocycles. The summed E-state index contributed by atoms with van der Waals surface area (Å²) in [5, 5.41) is -0.144. The van der Waals surface area contributed by atoms with Crippen molar-refractivity contribution in [1.82, 2.24) is 0 Å². The first-order valence-electron chi connectivity index (χ1n) is 2.78. The van der Waals surface area contributed by atoms with Crippen LogP contribution in [0.3, 0.4) is 0 Å². The van der Waals surface area contributed by atoms with Gasteiger partial charge in [0.15, 0.2) is 9.84 Å². The predicted octanol–water partition coefficient (Wildman–Crippen LogP) is 0.582. The molecule has 2 unspecified atom stereocenters. The first kappa shape index (κ1) is 6.08. The molecule has 1 heterocycles. The number of hydrogen-bond acceptors (Lipinski definition) is 2. The summed E-state index contributed by atoms with van der Waals surface area (Å²) < 4.78 is 21.5. The average molecular weight is 134 g/mol. The third-order valence-electron chi connectivity index (χ3n) is 1.79. The maximum atomic E-state index is 10.7. The van der Waals surface area contributed by atoms with E-state index in [2.05, 4.69) is 0 Å². The first-order valence-corrected chi connectivity index (χ1v) is 4.39. The van der Waals surface area contributed by atoms with Gasteiger partial charge in [0.25, 0.3) is 0 Å². The molecule has 0 bridgehead atoms. The van der Waals surface area contributed by atoms with Crippen LogP contribution in [0.25, 0.3) is 0 Å². The highest BCUT2D eigenvalue weighted by Crippen LogP contribution is 2.27. The third-order valence-corrected chi connectivity index (χ3v) is 4.41. The van der Waals surface area contributed by atoms with Crippen LogP contribution in [0.5, 0.6) is 0 Å². The van der Waals surface area contributed by atoms with E-state index in [0.717, 1.165) is 6.42 Å². The Hall–Kier alpha value is -0.0500. The van der Waals surface area contributed by atoms with Crippen molar-refractivity contribution in [3.8, 4) is 0 Å². The second-order valence-electron chi connectivity index (χ2n) is 2.45. The van der Waals surface area contributed by atoms with E-state index in [1.165, 1.54) is 0 Å². The summed E-state index contributed by atoms with van der Waals surface area (Å²) in [4.78, 5) is 0. The van der Waals surface area contributed by atoms with E-state index in [4.69, 9.17) is 0 Å². The zero-order chi connectivity index (χ0) is 6.36. The van der Waals surface area contributed by atoms with Crippen molar-refractivity contribution in [2.75, 3.05) is 0 Å². The van der Waals surface area contributed by atoms with Crippen molar-refractivity contribution >= 4 is 9.84 Å². The second-order valence-corrected chi connectivity index (χ2v) is 5.23. The highest BCUT2D eigenvalue weighted by molar-refractivity contribution is 7.94. The molecule has 0 aromatic carbocycles. The van der Waals surface area contributed by atoms with Crippen LogP contribution >= 0.6 is 0 Å². The molecule has 1 aliphatic heterocycles. The van der Waals surface area contributed by atoms with Gasteiger partial charge in [0, 0.05) is 0 Å². The Morgan fingerprint density at radius 3 is 1.62 bits per heavy atom. The Morgan fingerprint density at radius 1 is 1.25 bits per heavy atom. The van der Waals surface area contributed by atoms with E-state index in [0.29, 0.717) is 0 Å². The Labute approximate surface area is 49.8 Å². The fourth-order valence-corrected chi connectivity index (χ4v) is 2.56. The topological polar surface area (TPSA) is 34.1 Å². The smallest absolute Gasteiger partial charge is 0.155 e. The Kier molecular flexibility index (Phi) is 1.11. The summed E-state index contributed by atoms with van der Waals surface area (Å²) in [6, 6.07) is 0. The number of hydrogen-bond donors (Lipinski definition) is 0. The summed E-state index contributed by atoms with van der Waals surface area (Å²) in [5.41, 5.74) is 0. The molecular formula is C5H10O2S.